The van der Waals surface area contributed by atoms with E-state index in [1.54, 1.807) is 0 Å². The molecule has 0 heterocycles. The Hall–Kier alpha value is -0.290. The fourth-order valence-corrected chi connectivity index (χ4v) is 3.97. The molecule has 0 saturated carbocycles. The van der Waals surface area contributed by atoms with Gasteiger partial charge in [0, 0.05) is 19.6 Å². The topological polar surface area (TPSA) is 18.5 Å². The summed E-state index contributed by atoms with van der Waals surface area (Å²) in [5.41, 5.74) is 0. The van der Waals surface area contributed by atoms with Gasteiger partial charge >= 0.3 is 6.18 Å². The predicted molar refractivity (Wildman–Crippen MR) is 130 cm³/mol. The van der Waals surface area contributed by atoms with Crippen LogP contribution in [-0.4, -0.2) is 32.1 Å². The first-order valence-electron chi connectivity index (χ1n) is 13.8. The van der Waals surface area contributed by atoms with Gasteiger partial charge in [0.1, 0.15) is 0 Å². The summed E-state index contributed by atoms with van der Waals surface area (Å²) in [6.07, 6.45) is 17.4. The molecule has 0 aliphatic carbocycles. The number of alkyl halides is 3. The van der Waals surface area contributed by atoms with Gasteiger partial charge in [-0.2, -0.15) is 13.2 Å². The molecule has 32 heavy (non-hydrogen) atoms. The van der Waals surface area contributed by atoms with Crippen molar-refractivity contribution in [1.29, 1.82) is 0 Å². The van der Waals surface area contributed by atoms with Crippen LogP contribution in [0.3, 0.4) is 0 Å². The second-order valence-electron chi connectivity index (χ2n) is 9.38. The van der Waals surface area contributed by atoms with Gasteiger partial charge in [-0.1, -0.05) is 110 Å². The van der Waals surface area contributed by atoms with Gasteiger partial charge < -0.3 is 9.47 Å². The smallest absolute Gasteiger partial charge is 0.379 e. The van der Waals surface area contributed by atoms with Gasteiger partial charge in [-0.25, -0.2) is 0 Å². The summed E-state index contributed by atoms with van der Waals surface area (Å²) in [5, 5.41) is 0. The first-order chi connectivity index (χ1) is 15.5. The highest BCUT2D eigenvalue weighted by Crippen LogP contribution is 2.23. The van der Waals surface area contributed by atoms with E-state index in [-0.39, 0.29) is 6.10 Å². The molecule has 0 rings (SSSR count). The molecule has 0 amide bonds. The predicted octanol–water partition coefficient (Wildman–Crippen LogP) is 9.79. The van der Waals surface area contributed by atoms with Gasteiger partial charge in [0.15, 0.2) is 0 Å². The zero-order valence-corrected chi connectivity index (χ0v) is 21.3. The quantitative estimate of drug-likeness (QED) is 0.125. The van der Waals surface area contributed by atoms with E-state index in [1.807, 2.05) is 0 Å². The Morgan fingerprint density at radius 1 is 0.562 bits per heavy atom. The van der Waals surface area contributed by atoms with Crippen molar-refractivity contribution >= 4 is 0 Å². The summed E-state index contributed by atoms with van der Waals surface area (Å²) in [6.45, 7) is 6.86. The SMILES string of the molecule is CCCCOC(CCC)COCCCCCCCCCCCCCCCCCC(F)(F)F. The monoisotopic (exact) mass is 466 g/mol. The van der Waals surface area contributed by atoms with E-state index < -0.39 is 12.6 Å². The molecule has 5 heteroatoms. The van der Waals surface area contributed by atoms with E-state index in [0.29, 0.717) is 6.42 Å². The van der Waals surface area contributed by atoms with Crippen LogP contribution in [0.2, 0.25) is 0 Å². The van der Waals surface area contributed by atoms with E-state index >= 15 is 0 Å². The van der Waals surface area contributed by atoms with E-state index in [2.05, 4.69) is 13.8 Å². The summed E-state index contributed by atoms with van der Waals surface area (Å²) in [5.74, 6) is 0. The number of unbranched alkanes of at least 4 members (excludes halogenated alkanes) is 15. The van der Waals surface area contributed by atoms with Crippen LogP contribution in [0, 0.1) is 0 Å². The number of rotatable bonds is 25. The third-order valence-electron chi connectivity index (χ3n) is 6.01. The van der Waals surface area contributed by atoms with Crippen LogP contribution in [0.1, 0.15) is 142 Å². The van der Waals surface area contributed by atoms with Crippen LogP contribution < -0.4 is 0 Å². The Morgan fingerprint density at radius 2 is 1.03 bits per heavy atom. The third kappa shape index (κ3) is 26.0. The Labute approximate surface area is 197 Å². The lowest BCUT2D eigenvalue weighted by atomic mass is 10.0. The summed E-state index contributed by atoms with van der Waals surface area (Å²) in [7, 11) is 0. The lowest BCUT2D eigenvalue weighted by molar-refractivity contribution is -0.135. The van der Waals surface area contributed by atoms with Gasteiger partial charge in [0.2, 0.25) is 0 Å². The normalized spacial score (nSPS) is 13.0. The molecule has 0 aromatic heterocycles. The van der Waals surface area contributed by atoms with E-state index in [9.17, 15) is 13.2 Å². The maximum Gasteiger partial charge on any atom is 0.389 e. The van der Waals surface area contributed by atoms with Crippen LogP contribution in [0.25, 0.3) is 0 Å². The maximum atomic E-state index is 12.0. The number of hydrogen-bond donors (Lipinski definition) is 0. The van der Waals surface area contributed by atoms with Crippen molar-refractivity contribution in [2.45, 2.75) is 155 Å². The van der Waals surface area contributed by atoms with Gasteiger partial charge in [-0.15, -0.1) is 0 Å². The van der Waals surface area contributed by atoms with Crippen molar-refractivity contribution in [1.82, 2.24) is 0 Å². The molecule has 0 aromatic carbocycles. The molecule has 0 bridgehead atoms. The van der Waals surface area contributed by atoms with Crippen LogP contribution in [0.4, 0.5) is 13.2 Å². The molecule has 1 atom stereocenters. The Kier molecular flexibility index (Phi) is 23.6. The molecular formula is C27H53F3O2. The largest absolute Gasteiger partial charge is 0.389 e. The minimum atomic E-state index is -3.98. The minimum Gasteiger partial charge on any atom is -0.379 e. The van der Waals surface area contributed by atoms with Crippen LogP contribution in [0.5, 0.6) is 0 Å². The standard InChI is InChI=1S/C27H53F3O2/c1-3-5-24-32-26(21-4-2)25-31-23-20-18-16-14-12-10-8-6-7-9-11-13-15-17-19-22-27(28,29)30/h26H,3-25H2,1-2H3. The van der Waals surface area contributed by atoms with Gasteiger partial charge in [0.05, 0.1) is 12.7 Å². The van der Waals surface area contributed by atoms with Crippen molar-refractivity contribution in [3.05, 3.63) is 0 Å². The van der Waals surface area contributed by atoms with Crippen molar-refractivity contribution in [2.24, 2.45) is 0 Å². The molecule has 0 saturated heterocycles. The van der Waals surface area contributed by atoms with Gasteiger partial charge in [-0.05, 0) is 25.7 Å². The van der Waals surface area contributed by atoms with Crippen molar-refractivity contribution in [2.75, 3.05) is 19.8 Å². The fraction of sp³-hybridized carbons (Fsp3) is 1.00. The van der Waals surface area contributed by atoms with Crippen LogP contribution in [0.15, 0.2) is 0 Å². The Morgan fingerprint density at radius 3 is 1.47 bits per heavy atom. The highest BCUT2D eigenvalue weighted by Gasteiger charge is 2.25. The summed E-state index contributed by atoms with van der Waals surface area (Å²) in [4.78, 5) is 0. The van der Waals surface area contributed by atoms with Gasteiger partial charge in [-0.3, -0.25) is 0 Å². The maximum absolute atomic E-state index is 12.0. The molecule has 0 aromatic rings. The molecule has 2 nitrogen and oxygen atoms in total. The van der Waals surface area contributed by atoms with E-state index in [0.717, 1.165) is 64.8 Å². The Balaban J connectivity index is 3.23. The lowest BCUT2D eigenvalue weighted by Crippen LogP contribution is -2.20. The number of halogens is 3. The molecular weight excluding hydrogens is 413 g/mol. The summed E-state index contributed by atoms with van der Waals surface area (Å²) in [6, 6.07) is 0. The third-order valence-corrected chi connectivity index (χ3v) is 6.01. The molecule has 0 aliphatic heterocycles. The molecule has 0 fully saturated rings. The zero-order valence-electron chi connectivity index (χ0n) is 21.3. The summed E-state index contributed by atoms with van der Waals surface area (Å²) < 4.78 is 47.9. The second kappa shape index (κ2) is 23.9. The van der Waals surface area contributed by atoms with E-state index in [4.69, 9.17) is 9.47 Å². The van der Waals surface area contributed by atoms with Crippen LogP contribution in [-0.2, 0) is 9.47 Å². The molecule has 0 spiro atoms. The zero-order chi connectivity index (χ0) is 23.8. The average Bonchev–Trinajstić information content (AvgIpc) is 2.74. The minimum absolute atomic E-state index is 0.273. The highest BCUT2D eigenvalue weighted by atomic mass is 19.4. The summed E-state index contributed by atoms with van der Waals surface area (Å²) >= 11 is 0. The second-order valence-corrected chi connectivity index (χ2v) is 9.38. The first-order valence-corrected chi connectivity index (χ1v) is 13.8. The first kappa shape index (κ1) is 31.7. The van der Waals surface area contributed by atoms with Gasteiger partial charge in [0.25, 0.3) is 0 Å². The molecule has 0 aliphatic rings. The van der Waals surface area contributed by atoms with Crippen LogP contribution >= 0.6 is 0 Å². The Bertz CT molecular complexity index is 361. The lowest BCUT2D eigenvalue weighted by Gasteiger charge is -2.17. The number of ether oxygens (including phenoxy) is 2. The average molecular weight is 467 g/mol. The van der Waals surface area contributed by atoms with E-state index in [1.165, 1.54) is 70.6 Å². The molecule has 1 unspecified atom stereocenters. The fourth-order valence-electron chi connectivity index (χ4n) is 3.97. The van der Waals surface area contributed by atoms with Crippen molar-refractivity contribution < 1.29 is 22.6 Å². The number of hydrogen-bond acceptors (Lipinski definition) is 2. The van der Waals surface area contributed by atoms with Crippen molar-refractivity contribution in [3.63, 3.8) is 0 Å². The van der Waals surface area contributed by atoms with Crippen molar-refractivity contribution in [3.8, 4) is 0 Å². The molecule has 194 valence electrons. The highest BCUT2D eigenvalue weighted by molar-refractivity contribution is 4.57. The molecule has 0 N–H and O–H groups in total. The molecule has 0 radical (unpaired) electrons.